The van der Waals surface area contributed by atoms with Crippen LogP contribution in [0.15, 0.2) is 48.8 Å². The zero-order chi connectivity index (χ0) is 23.9. The molecule has 32 heavy (non-hydrogen) atoms. The highest BCUT2D eigenvalue weighted by molar-refractivity contribution is 7.89. The van der Waals surface area contributed by atoms with Crippen molar-refractivity contribution in [2.24, 2.45) is 0 Å². The number of fused-ring (bicyclic) bond motifs is 1. The molecular formula is C24H34N4O3S. The standard InChI is InChI=1S/C20H22N4O3S.2C2H6/c1-14-17(23-11-6-9-18(23)15-7-4-3-5-8-15)10-12-24-19(14)16(13-21-24)20(25)22-28(2,26)27;2*1-2/h3-5,7-8,10,12-13,18H,6,9,11H2,1-2H3,(H,22,25);2*1-2H3. The maximum atomic E-state index is 12.4. The van der Waals surface area contributed by atoms with Gasteiger partial charge in [-0.1, -0.05) is 58.0 Å². The van der Waals surface area contributed by atoms with Crippen molar-refractivity contribution in [3.63, 3.8) is 0 Å². The summed E-state index contributed by atoms with van der Waals surface area (Å²) in [7, 11) is -3.65. The maximum absolute atomic E-state index is 12.4. The molecule has 174 valence electrons. The Morgan fingerprint density at radius 2 is 1.75 bits per heavy atom. The van der Waals surface area contributed by atoms with Crippen molar-refractivity contribution < 1.29 is 13.2 Å². The number of amides is 1. The highest BCUT2D eigenvalue weighted by Gasteiger charge is 2.28. The van der Waals surface area contributed by atoms with Crippen LogP contribution < -0.4 is 9.62 Å². The number of aromatic nitrogens is 2. The van der Waals surface area contributed by atoms with Gasteiger partial charge in [0.25, 0.3) is 5.91 Å². The number of aryl methyl sites for hydroxylation is 1. The van der Waals surface area contributed by atoms with E-state index < -0.39 is 15.9 Å². The normalized spacial score (nSPS) is 15.4. The van der Waals surface area contributed by atoms with Gasteiger partial charge in [-0.25, -0.2) is 17.7 Å². The van der Waals surface area contributed by atoms with Crippen molar-refractivity contribution >= 4 is 27.1 Å². The molecule has 2 aromatic heterocycles. The molecule has 0 bridgehead atoms. The Morgan fingerprint density at radius 1 is 1.09 bits per heavy atom. The zero-order valence-corrected chi connectivity index (χ0v) is 20.6. The SMILES string of the molecule is CC.CC.Cc1c(N2CCCC2c2ccccc2)ccn2ncc(C(=O)NS(C)(=O)=O)c12. The third-order valence-electron chi connectivity index (χ3n) is 5.18. The van der Waals surface area contributed by atoms with Gasteiger partial charge in [0, 0.05) is 18.4 Å². The number of carbonyl (C=O) groups is 1. The summed E-state index contributed by atoms with van der Waals surface area (Å²) in [5.41, 5.74) is 4.08. The molecule has 3 aromatic rings. The second-order valence-electron chi connectivity index (χ2n) is 7.14. The number of sulfonamides is 1. The molecule has 0 aliphatic carbocycles. The molecule has 0 saturated carbocycles. The topological polar surface area (TPSA) is 83.8 Å². The van der Waals surface area contributed by atoms with E-state index >= 15 is 0 Å². The molecule has 1 aliphatic heterocycles. The van der Waals surface area contributed by atoms with Crippen molar-refractivity contribution in [2.45, 2.75) is 53.5 Å². The Labute approximate surface area is 191 Å². The van der Waals surface area contributed by atoms with E-state index in [4.69, 9.17) is 0 Å². The van der Waals surface area contributed by atoms with Crippen molar-refractivity contribution in [2.75, 3.05) is 17.7 Å². The molecule has 1 amide bonds. The number of hydrogen-bond acceptors (Lipinski definition) is 5. The molecule has 0 radical (unpaired) electrons. The van der Waals surface area contributed by atoms with Gasteiger partial charge in [0.2, 0.25) is 10.0 Å². The van der Waals surface area contributed by atoms with Crippen molar-refractivity contribution in [1.82, 2.24) is 14.3 Å². The van der Waals surface area contributed by atoms with Crippen LogP contribution in [0.25, 0.3) is 5.52 Å². The van der Waals surface area contributed by atoms with Crippen LogP contribution in [0.2, 0.25) is 0 Å². The molecule has 1 atom stereocenters. The van der Waals surface area contributed by atoms with Gasteiger partial charge in [-0.05, 0) is 37.0 Å². The van der Waals surface area contributed by atoms with Crippen LogP contribution in [0, 0.1) is 6.92 Å². The molecule has 4 rings (SSSR count). The number of nitrogens with one attached hydrogen (secondary N) is 1. The lowest BCUT2D eigenvalue weighted by atomic mass is 10.0. The summed E-state index contributed by atoms with van der Waals surface area (Å²) in [4.78, 5) is 14.8. The predicted molar refractivity (Wildman–Crippen MR) is 131 cm³/mol. The summed E-state index contributed by atoms with van der Waals surface area (Å²) >= 11 is 0. The van der Waals surface area contributed by atoms with E-state index in [2.05, 4.69) is 22.1 Å². The second kappa shape index (κ2) is 11.1. The first-order valence-electron chi connectivity index (χ1n) is 11.2. The Kier molecular flexibility index (Phi) is 8.83. The molecular weight excluding hydrogens is 424 g/mol. The monoisotopic (exact) mass is 458 g/mol. The van der Waals surface area contributed by atoms with Crippen LogP contribution in [0.3, 0.4) is 0 Å². The quantitative estimate of drug-likeness (QED) is 0.611. The van der Waals surface area contributed by atoms with Crippen LogP contribution in [-0.2, 0) is 10.0 Å². The van der Waals surface area contributed by atoms with E-state index in [1.54, 1.807) is 4.52 Å². The molecule has 7 nitrogen and oxygen atoms in total. The van der Waals surface area contributed by atoms with Gasteiger partial charge in [-0.3, -0.25) is 4.79 Å². The third kappa shape index (κ3) is 5.48. The highest BCUT2D eigenvalue weighted by atomic mass is 32.2. The number of anilines is 1. The number of nitrogens with zero attached hydrogens (tertiary/aromatic N) is 3. The van der Waals surface area contributed by atoms with E-state index in [1.165, 1.54) is 11.8 Å². The lowest BCUT2D eigenvalue weighted by molar-refractivity contribution is 0.0983. The highest BCUT2D eigenvalue weighted by Crippen LogP contribution is 2.38. The Balaban J connectivity index is 0.000000860. The lowest BCUT2D eigenvalue weighted by Crippen LogP contribution is -2.29. The Morgan fingerprint density at radius 3 is 2.38 bits per heavy atom. The molecule has 1 aromatic carbocycles. The zero-order valence-electron chi connectivity index (χ0n) is 19.8. The maximum Gasteiger partial charge on any atom is 0.268 e. The van der Waals surface area contributed by atoms with Gasteiger partial charge >= 0.3 is 0 Å². The summed E-state index contributed by atoms with van der Waals surface area (Å²) in [6.45, 7) is 10.9. The van der Waals surface area contributed by atoms with Gasteiger partial charge in [0.1, 0.15) is 0 Å². The van der Waals surface area contributed by atoms with E-state index in [1.807, 2.05) is 69.8 Å². The molecule has 1 unspecified atom stereocenters. The minimum atomic E-state index is -3.65. The molecule has 1 fully saturated rings. The molecule has 8 heteroatoms. The summed E-state index contributed by atoms with van der Waals surface area (Å²) in [6, 6.07) is 12.7. The van der Waals surface area contributed by atoms with Crippen LogP contribution in [0.4, 0.5) is 5.69 Å². The molecule has 1 saturated heterocycles. The van der Waals surface area contributed by atoms with Gasteiger partial charge < -0.3 is 4.90 Å². The lowest BCUT2D eigenvalue weighted by Gasteiger charge is -2.29. The van der Waals surface area contributed by atoms with E-state index in [-0.39, 0.29) is 11.6 Å². The molecule has 1 N–H and O–H groups in total. The Bertz CT molecular complexity index is 1140. The molecule has 0 spiro atoms. The number of pyridine rings is 1. The van der Waals surface area contributed by atoms with Crippen LogP contribution in [0.1, 0.15) is 68.1 Å². The smallest absolute Gasteiger partial charge is 0.268 e. The number of benzene rings is 1. The average molecular weight is 459 g/mol. The fourth-order valence-electron chi connectivity index (χ4n) is 4.01. The average Bonchev–Trinajstić information content (AvgIpc) is 3.44. The number of hydrogen-bond donors (Lipinski definition) is 1. The molecule has 3 heterocycles. The van der Waals surface area contributed by atoms with Crippen LogP contribution in [0.5, 0.6) is 0 Å². The largest absolute Gasteiger partial charge is 0.364 e. The Hall–Kier alpha value is -2.87. The van der Waals surface area contributed by atoms with E-state index in [9.17, 15) is 13.2 Å². The van der Waals surface area contributed by atoms with Crippen molar-refractivity contribution in [3.8, 4) is 0 Å². The third-order valence-corrected chi connectivity index (χ3v) is 5.73. The van der Waals surface area contributed by atoms with E-state index in [0.717, 1.165) is 36.9 Å². The summed E-state index contributed by atoms with van der Waals surface area (Å²) < 4.78 is 26.6. The van der Waals surface area contributed by atoms with Gasteiger partial charge in [-0.15, -0.1) is 0 Å². The predicted octanol–water partition coefficient (Wildman–Crippen LogP) is 4.73. The first-order valence-corrected chi connectivity index (χ1v) is 13.0. The minimum absolute atomic E-state index is 0.250. The number of rotatable bonds is 4. The summed E-state index contributed by atoms with van der Waals surface area (Å²) in [5.74, 6) is -0.668. The van der Waals surface area contributed by atoms with Crippen molar-refractivity contribution in [1.29, 1.82) is 0 Å². The summed E-state index contributed by atoms with van der Waals surface area (Å²) in [5, 5.41) is 4.22. The fraction of sp³-hybridized carbons (Fsp3) is 0.417. The fourth-order valence-corrected chi connectivity index (χ4v) is 4.46. The minimum Gasteiger partial charge on any atom is -0.364 e. The van der Waals surface area contributed by atoms with Crippen molar-refractivity contribution in [3.05, 3.63) is 65.5 Å². The second-order valence-corrected chi connectivity index (χ2v) is 8.89. The van der Waals surface area contributed by atoms with Gasteiger partial charge in [-0.2, -0.15) is 5.10 Å². The van der Waals surface area contributed by atoms with E-state index in [0.29, 0.717) is 5.52 Å². The molecule has 1 aliphatic rings. The summed E-state index contributed by atoms with van der Waals surface area (Å²) in [6.07, 6.45) is 6.34. The van der Waals surface area contributed by atoms with Crippen LogP contribution >= 0.6 is 0 Å². The first-order chi connectivity index (χ1) is 15.3. The first kappa shape index (κ1) is 25.4. The van der Waals surface area contributed by atoms with Crippen LogP contribution in [-0.4, -0.2) is 36.7 Å². The number of carbonyl (C=O) groups excluding carboxylic acids is 1. The van der Waals surface area contributed by atoms with Gasteiger partial charge in [0.15, 0.2) is 0 Å². The van der Waals surface area contributed by atoms with Gasteiger partial charge in [0.05, 0.1) is 29.6 Å².